The third kappa shape index (κ3) is 3.69. The number of benzene rings is 1. The fourth-order valence-electron chi connectivity index (χ4n) is 2.03. The van der Waals surface area contributed by atoms with Crippen molar-refractivity contribution in [3.63, 3.8) is 0 Å². The number of rotatable bonds is 5. The van der Waals surface area contributed by atoms with Crippen LogP contribution in [0.1, 0.15) is 5.56 Å². The lowest BCUT2D eigenvalue weighted by atomic mass is 10.1. The second-order valence-corrected chi connectivity index (χ2v) is 4.38. The number of halogens is 2. The van der Waals surface area contributed by atoms with Gasteiger partial charge in [0, 0.05) is 11.4 Å². The van der Waals surface area contributed by atoms with Gasteiger partial charge < -0.3 is 9.64 Å². The lowest BCUT2D eigenvalue weighted by Gasteiger charge is -2.29. The van der Waals surface area contributed by atoms with Crippen molar-refractivity contribution in [1.82, 2.24) is 4.90 Å². The summed E-state index contributed by atoms with van der Waals surface area (Å²) in [5.41, 5.74) is 1.97. The average molecular weight is 288 g/mol. The van der Waals surface area contributed by atoms with E-state index in [-0.39, 0.29) is 6.61 Å². The third-order valence-electron chi connectivity index (χ3n) is 2.95. The summed E-state index contributed by atoms with van der Waals surface area (Å²) in [4.78, 5) is 1.48. The van der Waals surface area contributed by atoms with Crippen LogP contribution in [0.4, 0.5) is 8.78 Å². The summed E-state index contributed by atoms with van der Waals surface area (Å²) in [5.74, 6) is 0.562. The first kappa shape index (κ1) is 14.8. The largest absolute Gasteiger partial charge is 0.479 e. The number of hydrogen-bond acceptors (Lipinski definition) is 3. The number of allylic oxidation sites excluding steroid dienone is 3. The van der Waals surface area contributed by atoms with Crippen molar-refractivity contribution in [2.24, 2.45) is 0 Å². The van der Waals surface area contributed by atoms with Gasteiger partial charge in [0.15, 0.2) is 6.61 Å². The quantitative estimate of drug-likeness (QED) is 0.831. The molecule has 0 bridgehead atoms. The lowest BCUT2D eigenvalue weighted by molar-refractivity contribution is 0.123. The molecule has 0 aromatic heterocycles. The second kappa shape index (κ2) is 6.71. The number of nitriles is 1. The normalized spacial score (nSPS) is 14.1. The van der Waals surface area contributed by atoms with E-state index in [0.717, 1.165) is 5.56 Å². The number of alkyl halides is 2. The van der Waals surface area contributed by atoms with Gasteiger partial charge in [0.25, 0.3) is 6.43 Å². The Bertz CT molecular complexity index is 612. The Morgan fingerprint density at radius 3 is 2.62 bits per heavy atom. The first-order chi connectivity index (χ1) is 10.1. The van der Waals surface area contributed by atoms with Crippen LogP contribution < -0.4 is 4.74 Å². The molecule has 0 fully saturated rings. The minimum Gasteiger partial charge on any atom is -0.479 e. The van der Waals surface area contributed by atoms with E-state index in [1.54, 1.807) is 42.5 Å². The van der Waals surface area contributed by atoms with Crippen LogP contribution in [0.15, 0.2) is 54.8 Å². The van der Waals surface area contributed by atoms with Crippen molar-refractivity contribution >= 4 is 5.70 Å². The fraction of sp³-hybridized carbons (Fsp3) is 0.188. The highest BCUT2D eigenvalue weighted by atomic mass is 19.3. The van der Waals surface area contributed by atoms with Gasteiger partial charge in [-0.3, -0.25) is 0 Å². The van der Waals surface area contributed by atoms with Gasteiger partial charge in [-0.05, 0) is 42.0 Å². The van der Waals surface area contributed by atoms with E-state index < -0.39 is 13.0 Å². The first-order valence-electron chi connectivity index (χ1n) is 6.35. The minimum absolute atomic E-state index is 0.0287. The standard InChI is InChI=1S/C16H14F2N2O/c1-12-3-2-4-15(20(12)11-16(17)18)13-5-7-14(8-6-13)21-10-9-19/h2-8,16H,1,10-11H2. The van der Waals surface area contributed by atoms with Crippen molar-refractivity contribution in [1.29, 1.82) is 5.26 Å². The maximum atomic E-state index is 12.7. The highest BCUT2D eigenvalue weighted by Gasteiger charge is 2.19. The van der Waals surface area contributed by atoms with Crippen molar-refractivity contribution in [3.8, 4) is 11.8 Å². The van der Waals surface area contributed by atoms with E-state index in [4.69, 9.17) is 10.00 Å². The first-order valence-corrected chi connectivity index (χ1v) is 6.35. The highest BCUT2D eigenvalue weighted by molar-refractivity contribution is 5.70. The molecule has 108 valence electrons. The summed E-state index contributed by atoms with van der Waals surface area (Å²) >= 11 is 0. The van der Waals surface area contributed by atoms with Crippen molar-refractivity contribution in [2.75, 3.05) is 13.2 Å². The molecule has 0 saturated carbocycles. The van der Waals surface area contributed by atoms with Gasteiger partial charge in [-0.1, -0.05) is 12.7 Å². The molecule has 5 heteroatoms. The Morgan fingerprint density at radius 2 is 2.00 bits per heavy atom. The van der Waals surface area contributed by atoms with Crippen molar-refractivity contribution in [2.45, 2.75) is 6.43 Å². The maximum Gasteiger partial charge on any atom is 0.256 e. The molecule has 1 aromatic carbocycles. The molecule has 0 radical (unpaired) electrons. The second-order valence-electron chi connectivity index (χ2n) is 4.38. The van der Waals surface area contributed by atoms with E-state index in [1.165, 1.54) is 4.90 Å². The number of nitrogens with zero attached hydrogens (tertiary/aromatic N) is 2. The van der Waals surface area contributed by atoms with Crippen LogP contribution in [-0.4, -0.2) is 24.5 Å². The van der Waals surface area contributed by atoms with E-state index in [9.17, 15) is 8.78 Å². The third-order valence-corrected chi connectivity index (χ3v) is 2.95. The van der Waals surface area contributed by atoms with E-state index in [0.29, 0.717) is 17.1 Å². The molecule has 3 nitrogen and oxygen atoms in total. The molecule has 1 aromatic rings. The zero-order chi connectivity index (χ0) is 15.2. The van der Waals surface area contributed by atoms with Gasteiger partial charge in [-0.15, -0.1) is 0 Å². The number of ether oxygens (including phenoxy) is 1. The van der Waals surface area contributed by atoms with Crippen LogP contribution >= 0.6 is 0 Å². The predicted molar refractivity (Wildman–Crippen MR) is 76.5 cm³/mol. The molecule has 0 amide bonds. The van der Waals surface area contributed by atoms with Crippen LogP contribution in [0.3, 0.4) is 0 Å². The molecule has 1 aliphatic rings. The Hall–Kier alpha value is -2.61. The molecule has 0 atom stereocenters. The Kier molecular flexibility index (Phi) is 4.72. The monoisotopic (exact) mass is 288 g/mol. The van der Waals surface area contributed by atoms with Gasteiger partial charge in [0.1, 0.15) is 11.8 Å². The van der Waals surface area contributed by atoms with Crippen LogP contribution in [0, 0.1) is 11.3 Å². The zero-order valence-electron chi connectivity index (χ0n) is 11.3. The van der Waals surface area contributed by atoms with Crippen molar-refractivity contribution in [3.05, 3.63) is 60.3 Å². The summed E-state index contributed by atoms with van der Waals surface area (Å²) in [6.45, 7) is 3.36. The van der Waals surface area contributed by atoms with Gasteiger partial charge in [0.2, 0.25) is 0 Å². The zero-order valence-corrected chi connectivity index (χ0v) is 11.3. The van der Waals surface area contributed by atoms with Crippen LogP contribution in [0.25, 0.3) is 5.70 Å². The molecule has 2 rings (SSSR count). The minimum atomic E-state index is -2.45. The van der Waals surface area contributed by atoms with Crippen LogP contribution in [0.5, 0.6) is 5.75 Å². The smallest absolute Gasteiger partial charge is 0.256 e. The molecule has 0 unspecified atom stereocenters. The van der Waals surface area contributed by atoms with Crippen LogP contribution in [-0.2, 0) is 0 Å². The van der Waals surface area contributed by atoms with Gasteiger partial charge >= 0.3 is 0 Å². The molecule has 1 heterocycles. The van der Waals surface area contributed by atoms with Gasteiger partial charge in [-0.25, -0.2) is 8.78 Å². The predicted octanol–water partition coefficient (Wildman–Crippen LogP) is 3.58. The van der Waals surface area contributed by atoms with Crippen molar-refractivity contribution < 1.29 is 13.5 Å². The van der Waals surface area contributed by atoms with Crippen LogP contribution in [0.2, 0.25) is 0 Å². The van der Waals surface area contributed by atoms with E-state index in [1.807, 2.05) is 6.07 Å². The molecular formula is C16H14F2N2O. The lowest BCUT2D eigenvalue weighted by Crippen LogP contribution is -2.27. The van der Waals surface area contributed by atoms with Gasteiger partial charge in [0.05, 0.1) is 6.54 Å². The SMILES string of the molecule is C=C1C=CC=C(c2ccc(OCC#N)cc2)N1CC(F)F. The molecular weight excluding hydrogens is 274 g/mol. The summed E-state index contributed by atoms with van der Waals surface area (Å²) in [6, 6.07) is 8.82. The molecule has 0 spiro atoms. The molecule has 0 saturated heterocycles. The Labute approximate surface area is 122 Å². The number of hydrogen-bond donors (Lipinski definition) is 0. The van der Waals surface area contributed by atoms with Gasteiger partial charge in [-0.2, -0.15) is 5.26 Å². The Balaban J connectivity index is 2.22. The topological polar surface area (TPSA) is 36.3 Å². The van der Waals surface area contributed by atoms with E-state index >= 15 is 0 Å². The summed E-state index contributed by atoms with van der Waals surface area (Å²) in [5, 5.41) is 8.45. The Morgan fingerprint density at radius 1 is 1.29 bits per heavy atom. The maximum absolute atomic E-state index is 12.7. The summed E-state index contributed by atoms with van der Waals surface area (Å²) in [6.07, 6.45) is 2.79. The molecule has 0 N–H and O–H groups in total. The fourth-order valence-corrected chi connectivity index (χ4v) is 2.03. The molecule has 21 heavy (non-hydrogen) atoms. The average Bonchev–Trinajstić information content (AvgIpc) is 2.47. The van der Waals surface area contributed by atoms with E-state index in [2.05, 4.69) is 6.58 Å². The molecule has 1 aliphatic heterocycles. The molecule has 0 aliphatic carbocycles. The summed E-state index contributed by atoms with van der Waals surface area (Å²) < 4.78 is 30.6. The summed E-state index contributed by atoms with van der Waals surface area (Å²) in [7, 11) is 0. The highest BCUT2D eigenvalue weighted by Crippen LogP contribution is 2.28.